The van der Waals surface area contributed by atoms with Crippen molar-refractivity contribution < 1.29 is 18.7 Å². The Hall–Kier alpha value is -2.67. The molecule has 1 aromatic carbocycles. The number of aromatic nitrogens is 1. The number of carbonyl (C=O) groups is 2. The molecule has 0 aliphatic carbocycles. The van der Waals surface area contributed by atoms with Gasteiger partial charge in [0.15, 0.2) is 6.61 Å². The van der Waals surface area contributed by atoms with Gasteiger partial charge in [-0.15, -0.1) is 11.3 Å². The van der Waals surface area contributed by atoms with E-state index < -0.39 is 5.41 Å². The molecule has 148 valence electrons. The normalized spacial score (nSPS) is 11.5. The number of thiazole rings is 1. The fourth-order valence-electron chi connectivity index (χ4n) is 3.08. The van der Waals surface area contributed by atoms with E-state index in [1.165, 1.54) is 0 Å². The Bertz CT molecular complexity index is 896. The molecular formula is C21H24N2O4S. The highest BCUT2D eigenvalue weighted by Gasteiger charge is 2.38. The van der Waals surface area contributed by atoms with E-state index in [9.17, 15) is 9.59 Å². The standard InChI is InChI=1S/C21H24N2O4S/c1-3-21(4-2,12-19-23-16-9-5-6-10-17(16)28-19)20(25)27-14-18(24)22-13-15-8-7-11-26-15/h5-11H,3-4,12-14H2,1-2H3,(H,22,24). The number of carbonyl (C=O) groups excluding carboxylic acids is 2. The van der Waals surface area contributed by atoms with Crippen molar-refractivity contribution in [2.45, 2.75) is 39.7 Å². The van der Waals surface area contributed by atoms with Crippen LogP contribution in [0.1, 0.15) is 37.5 Å². The number of fused-ring (bicyclic) bond motifs is 1. The molecule has 0 radical (unpaired) electrons. The zero-order chi connectivity index (χ0) is 20.0. The van der Waals surface area contributed by atoms with Gasteiger partial charge in [-0.1, -0.05) is 26.0 Å². The van der Waals surface area contributed by atoms with E-state index >= 15 is 0 Å². The van der Waals surface area contributed by atoms with Gasteiger partial charge in [0, 0.05) is 6.42 Å². The summed E-state index contributed by atoms with van der Waals surface area (Å²) in [5.74, 6) is -0.0669. The summed E-state index contributed by atoms with van der Waals surface area (Å²) in [5, 5.41) is 3.58. The molecule has 1 N–H and O–H groups in total. The van der Waals surface area contributed by atoms with Crippen LogP contribution in [0.3, 0.4) is 0 Å². The van der Waals surface area contributed by atoms with Crippen molar-refractivity contribution in [2.75, 3.05) is 6.61 Å². The molecule has 0 saturated carbocycles. The van der Waals surface area contributed by atoms with Gasteiger partial charge in [-0.2, -0.15) is 0 Å². The molecule has 0 fully saturated rings. The molecule has 3 aromatic rings. The van der Waals surface area contributed by atoms with Crippen LogP contribution in [0, 0.1) is 5.41 Å². The number of esters is 1. The van der Waals surface area contributed by atoms with Gasteiger partial charge in [-0.05, 0) is 37.1 Å². The van der Waals surface area contributed by atoms with Crippen LogP contribution >= 0.6 is 11.3 Å². The zero-order valence-electron chi connectivity index (χ0n) is 16.1. The van der Waals surface area contributed by atoms with Crippen LogP contribution in [-0.2, 0) is 27.3 Å². The summed E-state index contributed by atoms with van der Waals surface area (Å²) in [4.78, 5) is 29.5. The van der Waals surface area contributed by atoms with Crippen molar-refractivity contribution in [2.24, 2.45) is 5.41 Å². The van der Waals surface area contributed by atoms with Crippen molar-refractivity contribution in [3.8, 4) is 0 Å². The molecule has 3 rings (SSSR count). The van der Waals surface area contributed by atoms with E-state index in [-0.39, 0.29) is 25.0 Å². The lowest BCUT2D eigenvalue weighted by atomic mass is 9.79. The SMILES string of the molecule is CCC(CC)(Cc1nc2ccccc2s1)C(=O)OCC(=O)NCc1ccco1. The van der Waals surface area contributed by atoms with E-state index in [1.807, 2.05) is 38.1 Å². The third-order valence-corrected chi connectivity index (χ3v) is 6.02. The maximum Gasteiger partial charge on any atom is 0.312 e. The molecule has 28 heavy (non-hydrogen) atoms. The minimum atomic E-state index is -0.685. The van der Waals surface area contributed by atoms with Gasteiger partial charge < -0.3 is 14.5 Å². The summed E-state index contributed by atoms with van der Waals surface area (Å²) < 4.78 is 11.6. The third kappa shape index (κ3) is 4.59. The predicted octanol–water partition coefficient (Wildman–Crippen LogP) is 4.10. The Balaban J connectivity index is 1.61. The fraction of sp³-hybridized carbons (Fsp3) is 0.381. The number of amides is 1. The highest BCUT2D eigenvalue weighted by atomic mass is 32.1. The molecule has 1 amide bonds. The molecule has 2 heterocycles. The molecule has 0 aliphatic rings. The summed E-state index contributed by atoms with van der Waals surface area (Å²) in [6.07, 6.45) is 3.28. The number of benzene rings is 1. The van der Waals surface area contributed by atoms with Crippen LogP contribution in [0.2, 0.25) is 0 Å². The van der Waals surface area contributed by atoms with Crippen molar-refractivity contribution in [1.29, 1.82) is 0 Å². The Kier molecular flexibility index (Phi) is 6.46. The highest BCUT2D eigenvalue weighted by molar-refractivity contribution is 7.18. The fourth-order valence-corrected chi connectivity index (χ4v) is 4.19. The Labute approximate surface area is 167 Å². The number of furan rings is 1. The number of hydrogen-bond acceptors (Lipinski definition) is 6. The van der Waals surface area contributed by atoms with Crippen molar-refractivity contribution in [1.82, 2.24) is 10.3 Å². The number of hydrogen-bond donors (Lipinski definition) is 1. The van der Waals surface area contributed by atoms with Gasteiger partial charge in [-0.25, -0.2) is 4.98 Å². The van der Waals surface area contributed by atoms with E-state index in [0.717, 1.165) is 15.2 Å². The largest absolute Gasteiger partial charge is 0.467 e. The monoisotopic (exact) mass is 400 g/mol. The molecule has 0 atom stereocenters. The van der Waals surface area contributed by atoms with E-state index in [0.29, 0.717) is 25.0 Å². The first-order chi connectivity index (χ1) is 13.6. The second-order valence-electron chi connectivity index (χ2n) is 6.67. The van der Waals surface area contributed by atoms with Crippen LogP contribution in [0.25, 0.3) is 10.2 Å². The maximum atomic E-state index is 12.8. The van der Waals surface area contributed by atoms with E-state index in [2.05, 4.69) is 10.3 Å². The van der Waals surface area contributed by atoms with Crippen molar-refractivity contribution in [3.05, 3.63) is 53.4 Å². The number of nitrogens with one attached hydrogen (secondary N) is 1. The lowest BCUT2D eigenvalue weighted by Crippen LogP contribution is -2.37. The molecule has 6 nitrogen and oxygen atoms in total. The number of para-hydroxylation sites is 1. The Morgan fingerprint density at radius 3 is 2.64 bits per heavy atom. The maximum absolute atomic E-state index is 12.8. The van der Waals surface area contributed by atoms with Gasteiger partial charge in [-0.3, -0.25) is 9.59 Å². The average molecular weight is 401 g/mol. The molecule has 0 spiro atoms. The number of ether oxygens (including phenoxy) is 1. The minimum absolute atomic E-state index is 0.266. The van der Waals surface area contributed by atoms with Crippen LogP contribution in [-0.4, -0.2) is 23.5 Å². The minimum Gasteiger partial charge on any atom is -0.467 e. The lowest BCUT2D eigenvalue weighted by Gasteiger charge is -2.28. The summed E-state index contributed by atoms with van der Waals surface area (Å²) in [6, 6.07) is 11.4. The van der Waals surface area contributed by atoms with E-state index in [1.54, 1.807) is 29.7 Å². The molecule has 0 saturated heterocycles. The number of nitrogens with zero attached hydrogens (tertiary/aromatic N) is 1. The van der Waals surface area contributed by atoms with Gasteiger partial charge in [0.2, 0.25) is 0 Å². The van der Waals surface area contributed by atoms with Gasteiger partial charge in [0.1, 0.15) is 5.76 Å². The van der Waals surface area contributed by atoms with Gasteiger partial charge in [0.25, 0.3) is 5.91 Å². The molecule has 2 aromatic heterocycles. The van der Waals surface area contributed by atoms with Crippen molar-refractivity contribution >= 4 is 33.4 Å². The second kappa shape index (κ2) is 9.01. The predicted molar refractivity (Wildman–Crippen MR) is 108 cm³/mol. The first kappa shape index (κ1) is 20.1. The molecule has 0 aliphatic heterocycles. The molecule has 7 heteroatoms. The van der Waals surface area contributed by atoms with Gasteiger partial charge in [0.05, 0.1) is 33.4 Å². The Morgan fingerprint density at radius 2 is 1.96 bits per heavy atom. The van der Waals surface area contributed by atoms with E-state index in [4.69, 9.17) is 9.15 Å². The molecular weight excluding hydrogens is 376 g/mol. The molecule has 0 bridgehead atoms. The first-order valence-corrected chi connectivity index (χ1v) is 10.2. The summed E-state index contributed by atoms with van der Waals surface area (Å²) >= 11 is 1.59. The van der Waals surface area contributed by atoms with Crippen LogP contribution in [0.5, 0.6) is 0 Å². The first-order valence-electron chi connectivity index (χ1n) is 9.37. The Morgan fingerprint density at radius 1 is 1.18 bits per heavy atom. The van der Waals surface area contributed by atoms with Crippen LogP contribution < -0.4 is 5.32 Å². The second-order valence-corrected chi connectivity index (χ2v) is 7.79. The third-order valence-electron chi connectivity index (χ3n) is 4.99. The summed E-state index contributed by atoms with van der Waals surface area (Å²) in [5.41, 5.74) is 0.254. The number of rotatable bonds is 9. The highest BCUT2D eigenvalue weighted by Crippen LogP contribution is 2.35. The zero-order valence-corrected chi connectivity index (χ0v) is 16.9. The quantitative estimate of drug-likeness (QED) is 0.547. The summed E-state index contributed by atoms with van der Waals surface area (Å²) in [6.45, 7) is 3.90. The van der Waals surface area contributed by atoms with Crippen LogP contribution in [0.15, 0.2) is 47.1 Å². The van der Waals surface area contributed by atoms with Crippen LogP contribution in [0.4, 0.5) is 0 Å². The summed E-state index contributed by atoms with van der Waals surface area (Å²) in [7, 11) is 0. The average Bonchev–Trinajstić information content (AvgIpc) is 3.37. The van der Waals surface area contributed by atoms with Gasteiger partial charge >= 0.3 is 5.97 Å². The van der Waals surface area contributed by atoms with Crippen molar-refractivity contribution in [3.63, 3.8) is 0 Å². The smallest absolute Gasteiger partial charge is 0.312 e. The molecule has 0 unspecified atom stereocenters. The lowest BCUT2D eigenvalue weighted by molar-refractivity contribution is -0.159. The topological polar surface area (TPSA) is 81.4 Å².